The van der Waals surface area contributed by atoms with Gasteiger partial charge in [-0.3, -0.25) is 4.79 Å². The Morgan fingerprint density at radius 2 is 1.15 bits per heavy atom. The Morgan fingerprint density at radius 3 is 1.48 bits per heavy atom. The van der Waals surface area contributed by atoms with Gasteiger partial charge in [0, 0.05) is 22.3 Å². The first-order chi connectivity index (χ1) is 15.7. The van der Waals surface area contributed by atoms with Gasteiger partial charge in [-0.05, 0) is 72.7 Å². The first-order valence-corrected chi connectivity index (χ1v) is 11.1. The molecule has 5 nitrogen and oxygen atoms in total. The van der Waals surface area contributed by atoms with E-state index in [4.69, 9.17) is 18.9 Å². The van der Waals surface area contributed by atoms with Crippen LogP contribution in [0.4, 0.5) is 0 Å². The van der Waals surface area contributed by atoms with Crippen LogP contribution in [0.5, 0.6) is 23.0 Å². The summed E-state index contributed by atoms with van der Waals surface area (Å²) in [6, 6.07) is 11.2. The molecular formula is C28H34O5. The molecular weight excluding hydrogens is 416 g/mol. The summed E-state index contributed by atoms with van der Waals surface area (Å²) >= 11 is 0. The van der Waals surface area contributed by atoms with Crippen molar-refractivity contribution in [2.75, 3.05) is 28.4 Å². The van der Waals surface area contributed by atoms with Crippen LogP contribution in [-0.2, 0) is 4.79 Å². The minimum Gasteiger partial charge on any atom is -0.497 e. The number of carbonyl (C=O) groups is 1. The Hall–Kier alpha value is -3.21. The predicted octanol–water partition coefficient (Wildman–Crippen LogP) is 6.21. The normalized spacial score (nSPS) is 19.0. The van der Waals surface area contributed by atoms with E-state index in [9.17, 15) is 4.79 Å². The SMILES string of the molecule is COc1ccc(OC)c(/C=C2/CC(C(C)(C)C)C/C(=C\c3cc(OC)ccc3OC)C2=O)c1. The average Bonchev–Trinajstić information content (AvgIpc) is 2.80. The number of ether oxygens (including phenoxy) is 4. The lowest BCUT2D eigenvalue weighted by molar-refractivity contribution is -0.113. The lowest BCUT2D eigenvalue weighted by atomic mass is 9.68. The molecule has 3 rings (SSSR count). The third-order valence-corrected chi connectivity index (χ3v) is 6.27. The van der Waals surface area contributed by atoms with Gasteiger partial charge in [-0.1, -0.05) is 20.8 Å². The summed E-state index contributed by atoms with van der Waals surface area (Å²) in [5.41, 5.74) is 3.22. The Labute approximate surface area is 197 Å². The van der Waals surface area contributed by atoms with E-state index in [1.807, 2.05) is 48.6 Å². The van der Waals surface area contributed by atoms with Crippen LogP contribution in [0.15, 0.2) is 47.5 Å². The van der Waals surface area contributed by atoms with Crippen molar-refractivity contribution in [3.63, 3.8) is 0 Å². The Kier molecular flexibility index (Phi) is 7.52. The summed E-state index contributed by atoms with van der Waals surface area (Å²) < 4.78 is 21.8. The zero-order valence-electron chi connectivity index (χ0n) is 20.7. The van der Waals surface area contributed by atoms with E-state index in [0.29, 0.717) is 30.3 Å². The second-order valence-corrected chi connectivity index (χ2v) is 9.36. The molecule has 0 saturated heterocycles. The fraction of sp³-hybridized carbons (Fsp3) is 0.393. The number of benzene rings is 2. The summed E-state index contributed by atoms with van der Waals surface area (Å²) in [5, 5.41) is 0. The number of methoxy groups -OCH3 is 4. The minimum atomic E-state index is 0.0375. The van der Waals surface area contributed by atoms with Crippen LogP contribution in [0.1, 0.15) is 44.7 Å². The molecule has 33 heavy (non-hydrogen) atoms. The van der Waals surface area contributed by atoms with Crippen molar-refractivity contribution in [3.8, 4) is 23.0 Å². The maximum absolute atomic E-state index is 13.6. The number of ketones is 1. The van der Waals surface area contributed by atoms with Crippen LogP contribution in [0.25, 0.3) is 12.2 Å². The fourth-order valence-electron chi connectivity index (χ4n) is 4.14. The highest BCUT2D eigenvalue weighted by atomic mass is 16.5. The number of hydrogen-bond acceptors (Lipinski definition) is 5. The van der Waals surface area contributed by atoms with Crippen molar-refractivity contribution in [1.29, 1.82) is 0 Å². The van der Waals surface area contributed by atoms with Gasteiger partial charge in [-0.15, -0.1) is 0 Å². The lowest BCUT2D eigenvalue weighted by Crippen LogP contribution is -2.29. The largest absolute Gasteiger partial charge is 0.497 e. The van der Waals surface area contributed by atoms with E-state index in [-0.39, 0.29) is 11.2 Å². The van der Waals surface area contributed by atoms with E-state index >= 15 is 0 Å². The summed E-state index contributed by atoms with van der Waals surface area (Å²) in [4.78, 5) is 13.6. The molecule has 1 saturated carbocycles. The zero-order chi connectivity index (χ0) is 24.2. The molecule has 1 fully saturated rings. The van der Waals surface area contributed by atoms with E-state index in [1.165, 1.54) is 0 Å². The Bertz CT molecular complexity index is 995. The van der Waals surface area contributed by atoms with Crippen LogP contribution in [0, 0.1) is 11.3 Å². The van der Waals surface area contributed by atoms with E-state index < -0.39 is 0 Å². The minimum absolute atomic E-state index is 0.0375. The third kappa shape index (κ3) is 5.59. The molecule has 0 radical (unpaired) electrons. The molecule has 0 N–H and O–H groups in total. The topological polar surface area (TPSA) is 54.0 Å². The van der Waals surface area contributed by atoms with Gasteiger partial charge in [0.15, 0.2) is 5.78 Å². The molecule has 1 aliphatic rings. The van der Waals surface area contributed by atoms with Crippen molar-refractivity contribution >= 4 is 17.9 Å². The van der Waals surface area contributed by atoms with Crippen molar-refractivity contribution in [3.05, 3.63) is 58.7 Å². The highest BCUT2D eigenvalue weighted by Gasteiger charge is 2.34. The molecule has 0 amide bonds. The average molecular weight is 451 g/mol. The molecule has 2 aromatic carbocycles. The fourth-order valence-corrected chi connectivity index (χ4v) is 4.14. The number of carbonyl (C=O) groups excluding carboxylic acids is 1. The number of Topliss-reactive ketones (excluding diaryl/α,β-unsaturated/α-hetero) is 1. The van der Waals surface area contributed by atoms with Crippen LogP contribution in [-0.4, -0.2) is 34.2 Å². The highest BCUT2D eigenvalue weighted by Crippen LogP contribution is 2.43. The van der Waals surface area contributed by atoms with Gasteiger partial charge in [0.05, 0.1) is 28.4 Å². The first-order valence-electron chi connectivity index (χ1n) is 11.1. The highest BCUT2D eigenvalue weighted by molar-refractivity contribution is 6.14. The standard InChI is InChI=1S/C28H34O5/c1-28(2,3)22-14-20(12-18-16-23(30-4)8-10-25(18)32-6)27(29)21(15-22)13-19-17-24(31-5)9-11-26(19)33-7/h8-13,16-17,22H,14-15H2,1-7H3/b20-12-,21-13+. The Morgan fingerprint density at radius 1 is 0.727 bits per heavy atom. The molecule has 0 aromatic heterocycles. The molecule has 5 heteroatoms. The number of hydrogen-bond donors (Lipinski definition) is 0. The van der Waals surface area contributed by atoms with Crippen LogP contribution >= 0.6 is 0 Å². The molecule has 0 bridgehead atoms. The van der Waals surface area contributed by atoms with Gasteiger partial charge >= 0.3 is 0 Å². The number of allylic oxidation sites excluding steroid dienone is 2. The zero-order valence-corrected chi connectivity index (χ0v) is 20.7. The van der Waals surface area contributed by atoms with Crippen molar-refractivity contribution in [1.82, 2.24) is 0 Å². The van der Waals surface area contributed by atoms with Gasteiger partial charge in [0.2, 0.25) is 0 Å². The van der Waals surface area contributed by atoms with Crippen molar-refractivity contribution < 1.29 is 23.7 Å². The lowest BCUT2D eigenvalue weighted by Gasteiger charge is -2.35. The van der Waals surface area contributed by atoms with Crippen LogP contribution in [0.2, 0.25) is 0 Å². The van der Waals surface area contributed by atoms with Crippen molar-refractivity contribution in [2.45, 2.75) is 33.6 Å². The van der Waals surface area contributed by atoms with Gasteiger partial charge in [0.25, 0.3) is 0 Å². The summed E-state index contributed by atoms with van der Waals surface area (Å²) in [5.74, 6) is 3.19. The van der Waals surface area contributed by atoms with Gasteiger partial charge in [-0.2, -0.15) is 0 Å². The van der Waals surface area contributed by atoms with Gasteiger partial charge in [-0.25, -0.2) is 0 Å². The molecule has 1 unspecified atom stereocenters. The molecule has 0 spiro atoms. The molecule has 0 aliphatic heterocycles. The third-order valence-electron chi connectivity index (χ3n) is 6.27. The summed E-state index contributed by atoms with van der Waals surface area (Å²) in [7, 11) is 6.51. The molecule has 1 aliphatic carbocycles. The second-order valence-electron chi connectivity index (χ2n) is 9.36. The maximum atomic E-state index is 13.6. The molecule has 2 aromatic rings. The second kappa shape index (κ2) is 10.2. The molecule has 1 atom stereocenters. The molecule has 176 valence electrons. The monoisotopic (exact) mass is 450 g/mol. The Balaban J connectivity index is 2.12. The smallest absolute Gasteiger partial charge is 0.185 e. The van der Waals surface area contributed by atoms with Crippen molar-refractivity contribution in [2.24, 2.45) is 11.3 Å². The van der Waals surface area contributed by atoms with Gasteiger partial charge in [0.1, 0.15) is 23.0 Å². The predicted molar refractivity (Wildman–Crippen MR) is 132 cm³/mol. The first kappa shape index (κ1) is 24.4. The van der Waals surface area contributed by atoms with Gasteiger partial charge < -0.3 is 18.9 Å². The summed E-state index contributed by atoms with van der Waals surface area (Å²) in [6.07, 6.45) is 5.29. The summed E-state index contributed by atoms with van der Waals surface area (Å²) in [6.45, 7) is 6.67. The molecule has 0 heterocycles. The van der Waals surface area contributed by atoms with E-state index in [1.54, 1.807) is 28.4 Å². The number of rotatable bonds is 6. The maximum Gasteiger partial charge on any atom is 0.185 e. The van der Waals surface area contributed by atoms with E-state index in [0.717, 1.165) is 33.8 Å². The van der Waals surface area contributed by atoms with Crippen LogP contribution < -0.4 is 18.9 Å². The quantitative estimate of drug-likeness (QED) is 0.490. The van der Waals surface area contributed by atoms with Crippen LogP contribution in [0.3, 0.4) is 0 Å². The van der Waals surface area contributed by atoms with E-state index in [2.05, 4.69) is 20.8 Å².